The van der Waals surface area contributed by atoms with Gasteiger partial charge in [0.1, 0.15) is 0 Å². The summed E-state index contributed by atoms with van der Waals surface area (Å²) in [4.78, 5) is 15.9. The third kappa shape index (κ3) is 4.87. The van der Waals surface area contributed by atoms with Crippen LogP contribution in [-0.2, 0) is 16.1 Å². The zero-order chi connectivity index (χ0) is 21.5. The van der Waals surface area contributed by atoms with Gasteiger partial charge in [-0.05, 0) is 42.3 Å². The van der Waals surface area contributed by atoms with Crippen LogP contribution in [0.4, 0.5) is 0 Å². The molecule has 6 nitrogen and oxygen atoms in total. The van der Waals surface area contributed by atoms with Crippen LogP contribution in [0.2, 0.25) is 0 Å². The first-order valence-corrected chi connectivity index (χ1v) is 10.3. The third-order valence-electron chi connectivity index (χ3n) is 4.89. The predicted octanol–water partition coefficient (Wildman–Crippen LogP) is 4.25. The molecule has 2 aromatic heterocycles. The quantitative estimate of drug-likeness (QED) is 0.438. The second kappa shape index (κ2) is 9.82. The van der Waals surface area contributed by atoms with Crippen molar-refractivity contribution >= 4 is 5.97 Å². The van der Waals surface area contributed by atoms with Crippen molar-refractivity contribution in [3.63, 3.8) is 0 Å². The number of nitrogens with one attached hydrogen (secondary N) is 1. The van der Waals surface area contributed by atoms with Gasteiger partial charge in [0.2, 0.25) is 0 Å². The van der Waals surface area contributed by atoms with Crippen LogP contribution in [-0.4, -0.2) is 33.9 Å². The highest BCUT2D eigenvalue weighted by molar-refractivity contribution is 5.72. The van der Waals surface area contributed by atoms with Gasteiger partial charge >= 0.3 is 5.97 Å². The Morgan fingerprint density at radius 2 is 1.68 bits per heavy atom. The monoisotopic (exact) mass is 412 g/mol. The molecule has 0 saturated heterocycles. The molecule has 1 N–H and O–H groups in total. The average molecular weight is 412 g/mol. The van der Waals surface area contributed by atoms with E-state index in [9.17, 15) is 4.79 Å². The highest BCUT2D eigenvalue weighted by atomic mass is 16.5. The minimum atomic E-state index is -0.269. The van der Waals surface area contributed by atoms with Crippen molar-refractivity contribution < 1.29 is 9.53 Å². The van der Waals surface area contributed by atoms with Gasteiger partial charge in [-0.15, -0.1) is 0 Å². The minimum absolute atomic E-state index is 0.150. The maximum Gasteiger partial charge on any atom is 0.319 e. The Bertz CT molecular complexity index is 1120. The summed E-state index contributed by atoms with van der Waals surface area (Å²) in [7, 11) is 0. The number of ether oxygens (including phenoxy) is 1. The fraction of sp³-hybridized carbons (Fsp3) is 0.160. The number of hydrogen-bond donors (Lipinski definition) is 1. The summed E-state index contributed by atoms with van der Waals surface area (Å²) < 4.78 is 6.89. The van der Waals surface area contributed by atoms with Gasteiger partial charge in [-0.25, -0.2) is 4.68 Å². The molecule has 0 amide bonds. The molecule has 2 aromatic carbocycles. The van der Waals surface area contributed by atoms with Gasteiger partial charge in [0.25, 0.3) is 0 Å². The number of aromatic nitrogens is 3. The fourth-order valence-corrected chi connectivity index (χ4v) is 3.45. The lowest BCUT2D eigenvalue weighted by atomic mass is 10.1. The Kier molecular flexibility index (Phi) is 6.50. The van der Waals surface area contributed by atoms with Gasteiger partial charge in [0.15, 0.2) is 0 Å². The molecule has 4 aromatic rings. The summed E-state index contributed by atoms with van der Waals surface area (Å²) in [6.07, 6.45) is 5.39. The summed E-state index contributed by atoms with van der Waals surface area (Å²) in [5.74, 6) is -0.269. The summed E-state index contributed by atoms with van der Waals surface area (Å²) in [6, 6.07) is 22.5. The van der Waals surface area contributed by atoms with E-state index < -0.39 is 0 Å². The molecular formula is C25H24N4O2. The first-order valence-electron chi connectivity index (χ1n) is 10.3. The standard InChI is InChI=1S/C25H24N4O2/c1-2-31-24(30)18-27-16-22-17-28-29(25(22)21-9-6-14-26-15-21)23-12-10-20(11-13-23)19-7-4-3-5-8-19/h3-15,17,27H,2,16,18H2,1H3. The molecule has 0 aliphatic heterocycles. The van der Waals surface area contributed by atoms with E-state index in [4.69, 9.17) is 4.74 Å². The van der Waals surface area contributed by atoms with Crippen molar-refractivity contribution in [1.29, 1.82) is 0 Å². The molecular weight excluding hydrogens is 388 g/mol. The van der Waals surface area contributed by atoms with Crippen molar-refractivity contribution in [2.75, 3.05) is 13.2 Å². The molecule has 0 bridgehead atoms. The summed E-state index contributed by atoms with van der Waals surface area (Å²) in [6.45, 7) is 2.81. The number of nitrogens with zero attached hydrogens (tertiary/aromatic N) is 3. The fourth-order valence-electron chi connectivity index (χ4n) is 3.45. The molecule has 6 heteroatoms. The zero-order valence-corrected chi connectivity index (χ0v) is 17.4. The Labute approximate surface area is 181 Å². The zero-order valence-electron chi connectivity index (χ0n) is 17.4. The van der Waals surface area contributed by atoms with Crippen molar-refractivity contribution in [1.82, 2.24) is 20.1 Å². The predicted molar refractivity (Wildman–Crippen MR) is 121 cm³/mol. The van der Waals surface area contributed by atoms with E-state index >= 15 is 0 Å². The van der Waals surface area contributed by atoms with Crippen LogP contribution in [0.15, 0.2) is 85.3 Å². The van der Waals surface area contributed by atoms with E-state index in [0.29, 0.717) is 13.2 Å². The van der Waals surface area contributed by atoms with Gasteiger partial charge in [-0.1, -0.05) is 42.5 Å². The number of benzene rings is 2. The first kappa shape index (κ1) is 20.5. The summed E-state index contributed by atoms with van der Waals surface area (Å²) in [5.41, 5.74) is 6.15. The molecule has 156 valence electrons. The van der Waals surface area contributed by atoms with Crippen molar-refractivity contribution in [2.45, 2.75) is 13.5 Å². The maximum atomic E-state index is 11.6. The molecule has 4 rings (SSSR count). The Hall–Kier alpha value is -3.77. The van der Waals surface area contributed by atoms with E-state index in [2.05, 4.69) is 51.8 Å². The van der Waals surface area contributed by atoms with E-state index in [-0.39, 0.29) is 12.5 Å². The molecule has 31 heavy (non-hydrogen) atoms. The van der Waals surface area contributed by atoms with Gasteiger partial charge in [-0.3, -0.25) is 9.78 Å². The largest absolute Gasteiger partial charge is 0.465 e. The van der Waals surface area contributed by atoms with Gasteiger partial charge in [0.05, 0.1) is 30.7 Å². The van der Waals surface area contributed by atoms with Crippen LogP contribution in [0.3, 0.4) is 0 Å². The van der Waals surface area contributed by atoms with E-state index in [1.165, 1.54) is 5.56 Å². The lowest BCUT2D eigenvalue weighted by molar-refractivity contribution is -0.142. The molecule has 0 atom stereocenters. The molecule has 0 aliphatic rings. The lowest BCUT2D eigenvalue weighted by Gasteiger charge is -2.11. The minimum Gasteiger partial charge on any atom is -0.465 e. The lowest BCUT2D eigenvalue weighted by Crippen LogP contribution is -2.24. The van der Waals surface area contributed by atoms with Crippen LogP contribution < -0.4 is 5.32 Å². The highest BCUT2D eigenvalue weighted by Crippen LogP contribution is 2.27. The first-order chi connectivity index (χ1) is 15.3. The summed E-state index contributed by atoms with van der Waals surface area (Å²) in [5, 5.41) is 7.78. The Morgan fingerprint density at radius 1 is 0.935 bits per heavy atom. The molecule has 0 unspecified atom stereocenters. The van der Waals surface area contributed by atoms with Crippen LogP contribution in [0.25, 0.3) is 28.1 Å². The van der Waals surface area contributed by atoms with Gasteiger partial charge in [-0.2, -0.15) is 5.10 Å². The molecule has 0 aliphatic carbocycles. The van der Waals surface area contributed by atoms with E-state index in [1.807, 2.05) is 47.4 Å². The smallest absolute Gasteiger partial charge is 0.319 e. The van der Waals surface area contributed by atoms with Crippen LogP contribution >= 0.6 is 0 Å². The maximum absolute atomic E-state index is 11.6. The second-order valence-electron chi connectivity index (χ2n) is 6.99. The molecule has 0 saturated carbocycles. The van der Waals surface area contributed by atoms with E-state index in [1.54, 1.807) is 13.1 Å². The molecule has 0 radical (unpaired) electrons. The molecule has 0 fully saturated rings. The SMILES string of the molecule is CCOC(=O)CNCc1cnn(-c2ccc(-c3ccccc3)cc2)c1-c1cccnc1. The molecule has 2 heterocycles. The van der Waals surface area contributed by atoms with Gasteiger partial charge < -0.3 is 10.1 Å². The Morgan fingerprint density at radius 3 is 2.39 bits per heavy atom. The van der Waals surface area contributed by atoms with E-state index in [0.717, 1.165) is 28.1 Å². The number of carbonyl (C=O) groups excluding carboxylic acids is 1. The number of pyridine rings is 1. The molecule has 0 spiro atoms. The number of rotatable bonds is 8. The van der Waals surface area contributed by atoms with Gasteiger partial charge in [0, 0.05) is 30.1 Å². The average Bonchev–Trinajstić information content (AvgIpc) is 3.24. The normalized spacial score (nSPS) is 10.7. The highest BCUT2D eigenvalue weighted by Gasteiger charge is 2.15. The van der Waals surface area contributed by atoms with Crippen LogP contribution in [0.5, 0.6) is 0 Å². The van der Waals surface area contributed by atoms with Crippen molar-refractivity contribution in [3.8, 4) is 28.1 Å². The second-order valence-corrected chi connectivity index (χ2v) is 6.99. The number of hydrogen-bond acceptors (Lipinski definition) is 5. The number of carbonyl (C=O) groups is 1. The van der Waals surface area contributed by atoms with Crippen molar-refractivity contribution in [3.05, 3.63) is 90.9 Å². The third-order valence-corrected chi connectivity index (χ3v) is 4.89. The van der Waals surface area contributed by atoms with Crippen LogP contribution in [0, 0.1) is 0 Å². The summed E-state index contributed by atoms with van der Waals surface area (Å²) >= 11 is 0. The van der Waals surface area contributed by atoms with Crippen molar-refractivity contribution in [2.24, 2.45) is 0 Å². The van der Waals surface area contributed by atoms with Crippen LogP contribution in [0.1, 0.15) is 12.5 Å². The topological polar surface area (TPSA) is 69.0 Å². The number of esters is 1. The Balaban J connectivity index is 1.63.